The molecule has 2 aromatic rings. The first-order valence-electron chi connectivity index (χ1n) is 6.17. The molecule has 2 rings (SSSR count). The van der Waals surface area contributed by atoms with Crippen LogP contribution < -0.4 is 8.92 Å². The monoisotopic (exact) mass is 458 g/mol. The minimum absolute atomic E-state index is 0.133. The van der Waals surface area contributed by atoms with Crippen LogP contribution in [0.1, 0.15) is 5.56 Å². The highest BCUT2D eigenvalue weighted by molar-refractivity contribution is 14.1. The van der Waals surface area contributed by atoms with Gasteiger partial charge in [-0.2, -0.15) is 21.6 Å². The molecule has 0 saturated carbocycles. The SMILES string of the molecule is O=S(=O)(Oc1cccc(OCc2ccccc2)c1I)C(F)(F)F. The summed E-state index contributed by atoms with van der Waals surface area (Å²) in [5, 5.41) is 0. The van der Waals surface area contributed by atoms with E-state index in [4.69, 9.17) is 4.74 Å². The Balaban J connectivity index is 2.19. The molecular formula is C14H10F3IO4S. The zero-order valence-corrected chi connectivity index (χ0v) is 14.4. The molecule has 0 fully saturated rings. The first-order chi connectivity index (χ1) is 10.7. The number of halogens is 4. The Morgan fingerprint density at radius 2 is 1.57 bits per heavy atom. The first kappa shape index (κ1) is 17.9. The normalized spacial score (nSPS) is 12.0. The minimum Gasteiger partial charge on any atom is -0.488 e. The number of hydrogen-bond donors (Lipinski definition) is 0. The fourth-order valence-electron chi connectivity index (χ4n) is 1.57. The molecule has 0 atom stereocenters. The maximum Gasteiger partial charge on any atom is 0.534 e. The average molecular weight is 458 g/mol. The molecule has 4 nitrogen and oxygen atoms in total. The number of rotatable bonds is 5. The van der Waals surface area contributed by atoms with Gasteiger partial charge in [0.15, 0.2) is 5.75 Å². The van der Waals surface area contributed by atoms with E-state index in [1.807, 2.05) is 30.3 Å². The highest BCUT2D eigenvalue weighted by Gasteiger charge is 2.48. The summed E-state index contributed by atoms with van der Waals surface area (Å²) >= 11 is 1.67. The molecule has 0 bridgehead atoms. The predicted octanol–water partition coefficient (Wildman–Crippen LogP) is 4.10. The lowest BCUT2D eigenvalue weighted by Crippen LogP contribution is -2.28. The van der Waals surface area contributed by atoms with Crippen LogP contribution in [0.5, 0.6) is 11.5 Å². The van der Waals surface area contributed by atoms with E-state index in [0.717, 1.165) is 11.6 Å². The first-order valence-corrected chi connectivity index (χ1v) is 8.65. The number of benzene rings is 2. The van der Waals surface area contributed by atoms with Crippen molar-refractivity contribution in [3.8, 4) is 11.5 Å². The number of ether oxygens (including phenoxy) is 1. The summed E-state index contributed by atoms with van der Waals surface area (Å²) in [5.41, 5.74) is -4.63. The molecule has 23 heavy (non-hydrogen) atoms. The molecule has 0 aliphatic rings. The van der Waals surface area contributed by atoms with Crippen LogP contribution in [-0.2, 0) is 16.7 Å². The molecule has 0 heterocycles. The zero-order valence-electron chi connectivity index (χ0n) is 11.4. The van der Waals surface area contributed by atoms with Crippen LogP contribution in [0.4, 0.5) is 13.2 Å². The Kier molecular flexibility index (Phi) is 5.40. The molecule has 0 N–H and O–H groups in total. The zero-order chi connectivity index (χ0) is 17.1. The van der Waals surface area contributed by atoms with Crippen LogP contribution in [0.15, 0.2) is 48.5 Å². The number of hydrogen-bond acceptors (Lipinski definition) is 4. The van der Waals surface area contributed by atoms with Crippen molar-refractivity contribution in [2.45, 2.75) is 12.1 Å². The van der Waals surface area contributed by atoms with Gasteiger partial charge >= 0.3 is 15.6 Å². The van der Waals surface area contributed by atoms with Gasteiger partial charge in [0.1, 0.15) is 12.4 Å². The molecule has 0 amide bonds. The lowest BCUT2D eigenvalue weighted by molar-refractivity contribution is -0.0500. The van der Waals surface area contributed by atoms with Crippen molar-refractivity contribution in [2.75, 3.05) is 0 Å². The van der Waals surface area contributed by atoms with E-state index in [1.54, 1.807) is 22.6 Å². The van der Waals surface area contributed by atoms with Gasteiger partial charge in [0.05, 0.1) is 3.57 Å². The van der Waals surface area contributed by atoms with E-state index in [1.165, 1.54) is 12.1 Å². The van der Waals surface area contributed by atoms with Crippen molar-refractivity contribution in [1.82, 2.24) is 0 Å². The van der Waals surface area contributed by atoms with Gasteiger partial charge in [0.2, 0.25) is 0 Å². The van der Waals surface area contributed by atoms with Crippen molar-refractivity contribution in [3.63, 3.8) is 0 Å². The summed E-state index contributed by atoms with van der Waals surface area (Å²) in [6, 6.07) is 13.1. The van der Waals surface area contributed by atoms with Crippen molar-refractivity contribution in [1.29, 1.82) is 0 Å². The highest BCUT2D eigenvalue weighted by atomic mass is 127. The van der Waals surface area contributed by atoms with Crippen molar-refractivity contribution >= 4 is 32.7 Å². The Hall–Kier alpha value is -1.49. The van der Waals surface area contributed by atoms with Gasteiger partial charge in [-0.3, -0.25) is 0 Å². The third-order valence-electron chi connectivity index (χ3n) is 2.65. The standard InChI is InChI=1S/C14H10F3IO4S/c15-14(16,17)23(19,20)22-12-8-4-7-11(13(12)18)21-9-10-5-2-1-3-6-10/h1-8H,9H2. The molecule has 9 heteroatoms. The third kappa shape index (κ3) is 4.50. The molecule has 124 valence electrons. The van der Waals surface area contributed by atoms with Crippen molar-refractivity contribution < 1.29 is 30.5 Å². The van der Waals surface area contributed by atoms with Crippen LogP contribution in [0.25, 0.3) is 0 Å². The summed E-state index contributed by atoms with van der Waals surface area (Å²) in [4.78, 5) is 0. The topological polar surface area (TPSA) is 52.6 Å². The van der Waals surface area contributed by atoms with Gasteiger partial charge in [-0.1, -0.05) is 36.4 Å². The van der Waals surface area contributed by atoms with E-state index in [-0.39, 0.29) is 15.9 Å². The van der Waals surface area contributed by atoms with Crippen molar-refractivity contribution in [2.24, 2.45) is 0 Å². The molecule has 0 aromatic heterocycles. The van der Waals surface area contributed by atoms with Crippen LogP contribution in [-0.4, -0.2) is 13.9 Å². The smallest absolute Gasteiger partial charge is 0.488 e. The maximum absolute atomic E-state index is 12.4. The van der Waals surface area contributed by atoms with Gasteiger partial charge < -0.3 is 8.92 Å². The Bertz CT molecular complexity index is 776. The predicted molar refractivity (Wildman–Crippen MR) is 85.5 cm³/mol. The molecule has 0 spiro atoms. The Morgan fingerprint density at radius 3 is 2.17 bits per heavy atom. The summed E-state index contributed by atoms with van der Waals surface area (Å²) in [5.74, 6) is -0.210. The average Bonchev–Trinajstić information content (AvgIpc) is 2.48. The van der Waals surface area contributed by atoms with E-state index in [2.05, 4.69) is 4.18 Å². The number of alkyl halides is 3. The van der Waals surface area contributed by atoms with Crippen LogP contribution >= 0.6 is 22.6 Å². The van der Waals surface area contributed by atoms with E-state index < -0.39 is 21.4 Å². The van der Waals surface area contributed by atoms with Crippen LogP contribution in [0.3, 0.4) is 0 Å². The van der Waals surface area contributed by atoms with Gasteiger partial charge in [0.25, 0.3) is 0 Å². The highest BCUT2D eigenvalue weighted by Crippen LogP contribution is 2.34. The van der Waals surface area contributed by atoms with E-state index >= 15 is 0 Å². The molecular weight excluding hydrogens is 448 g/mol. The van der Waals surface area contributed by atoms with Crippen LogP contribution in [0, 0.1) is 3.57 Å². The quantitative estimate of drug-likeness (QED) is 0.385. The fraction of sp³-hybridized carbons (Fsp3) is 0.143. The summed E-state index contributed by atoms with van der Waals surface area (Å²) < 4.78 is 69.1. The largest absolute Gasteiger partial charge is 0.534 e. The molecule has 2 aromatic carbocycles. The maximum atomic E-state index is 12.4. The summed E-state index contributed by atoms with van der Waals surface area (Å²) in [7, 11) is -5.72. The molecule has 0 unspecified atom stereocenters. The molecule has 0 saturated heterocycles. The Labute approximate surface area is 144 Å². The van der Waals surface area contributed by atoms with Crippen LogP contribution in [0.2, 0.25) is 0 Å². The summed E-state index contributed by atoms with van der Waals surface area (Å²) in [6.07, 6.45) is 0. The van der Waals surface area contributed by atoms with E-state index in [0.29, 0.717) is 0 Å². The van der Waals surface area contributed by atoms with Gasteiger partial charge in [0, 0.05) is 0 Å². The van der Waals surface area contributed by atoms with Gasteiger partial charge in [-0.15, -0.1) is 0 Å². The van der Waals surface area contributed by atoms with Crippen molar-refractivity contribution in [3.05, 3.63) is 57.7 Å². The summed E-state index contributed by atoms with van der Waals surface area (Å²) in [6.45, 7) is 0.187. The third-order valence-corrected chi connectivity index (χ3v) is 4.68. The minimum atomic E-state index is -5.72. The molecule has 0 radical (unpaired) electrons. The fourth-order valence-corrected chi connectivity index (χ4v) is 2.81. The lowest BCUT2D eigenvalue weighted by atomic mass is 10.2. The second kappa shape index (κ2) is 6.95. The lowest BCUT2D eigenvalue weighted by Gasteiger charge is -2.13. The molecule has 0 aliphatic carbocycles. The van der Waals surface area contributed by atoms with E-state index in [9.17, 15) is 21.6 Å². The van der Waals surface area contributed by atoms with Gasteiger partial charge in [-0.05, 0) is 40.3 Å². The second-order valence-electron chi connectivity index (χ2n) is 4.33. The van der Waals surface area contributed by atoms with Gasteiger partial charge in [-0.25, -0.2) is 0 Å². The Morgan fingerprint density at radius 1 is 0.957 bits per heavy atom. The molecule has 0 aliphatic heterocycles. The second-order valence-corrected chi connectivity index (χ2v) is 6.94.